The second-order valence-corrected chi connectivity index (χ2v) is 5.48. The lowest BCUT2D eigenvalue weighted by molar-refractivity contribution is 0.0706. The number of carbonyl (C=O) groups excluding carboxylic acids is 1. The molecule has 2 rings (SSSR count). The van der Waals surface area contributed by atoms with Gasteiger partial charge in [-0.15, -0.1) is 12.4 Å². The van der Waals surface area contributed by atoms with Gasteiger partial charge in [0.1, 0.15) is 5.82 Å². The van der Waals surface area contributed by atoms with Gasteiger partial charge in [0.15, 0.2) is 0 Å². The van der Waals surface area contributed by atoms with Gasteiger partial charge < -0.3 is 10.2 Å². The topological polar surface area (TPSA) is 58.1 Å². The van der Waals surface area contributed by atoms with Crippen LogP contribution in [0, 0.1) is 6.92 Å². The first-order valence-corrected chi connectivity index (χ1v) is 6.85. The third kappa shape index (κ3) is 3.67. The molecule has 1 saturated heterocycles. The fraction of sp³-hybridized carbons (Fsp3) is 0.643. The molecule has 0 aromatic carbocycles. The summed E-state index contributed by atoms with van der Waals surface area (Å²) in [6, 6.07) is 0.339. The highest BCUT2D eigenvalue weighted by molar-refractivity contribution is 5.95. The highest BCUT2D eigenvalue weighted by Gasteiger charge is 2.25. The summed E-state index contributed by atoms with van der Waals surface area (Å²) in [5.74, 6) is 0.993. The summed E-state index contributed by atoms with van der Waals surface area (Å²) in [7, 11) is 0. The molecule has 0 spiro atoms. The van der Waals surface area contributed by atoms with Gasteiger partial charge >= 0.3 is 0 Å². The van der Waals surface area contributed by atoms with Gasteiger partial charge in [0.25, 0.3) is 5.91 Å². The molecular formula is C14H23ClN4O. The summed E-state index contributed by atoms with van der Waals surface area (Å²) in [5.41, 5.74) is 1.50. The van der Waals surface area contributed by atoms with Crippen LogP contribution >= 0.6 is 12.4 Å². The van der Waals surface area contributed by atoms with Gasteiger partial charge in [0.2, 0.25) is 0 Å². The van der Waals surface area contributed by atoms with Crippen molar-refractivity contribution in [1.29, 1.82) is 0 Å². The minimum atomic E-state index is 0. The van der Waals surface area contributed by atoms with E-state index < -0.39 is 0 Å². The van der Waals surface area contributed by atoms with Crippen molar-refractivity contribution in [3.8, 4) is 0 Å². The Morgan fingerprint density at radius 2 is 2.20 bits per heavy atom. The molecule has 0 saturated carbocycles. The van der Waals surface area contributed by atoms with Gasteiger partial charge in [0.05, 0.1) is 11.3 Å². The highest BCUT2D eigenvalue weighted by Crippen LogP contribution is 2.19. The van der Waals surface area contributed by atoms with Crippen LogP contribution in [-0.2, 0) is 0 Å². The van der Waals surface area contributed by atoms with E-state index in [4.69, 9.17) is 0 Å². The molecule has 0 radical (unpaired) electrons. The zero-order valence-electron chi connectivity index (χ0n) is 12.5. The molecule has 5 nitrogen and oxygen atoms in total. The predicted molar refractivity (Wildman–Crippen MR) is 81.5 cm³/mol. The molecule has 1 atom stereocenters. The predicted octanol–water partition coefficient (Wildman–Crippen LogP) is 1.76. The van der Waals surface area contributed by atoms with E-state index in [1.807, 2.05) is 11.8 Å². The maximum Gasteiger partial charge on any atom is 0.257 e. The highest BCUT2D eigenvalue weighted by atomic mass is 35.5. The monoisotopic (exact) mass is 298 g/mol. The minimum Gasteiger partial charge on any atom is -0.336 e. The Morgan fingerprint density at radius 1 is 1.50 bits per heavy atom. The molecule has 2 heterocycles. The third-order valence-electron chi connectivity index (χ3n) is 3.37. The van der Waals surface area contributed by atoms with E-state index in [2.05, 4.69) is 36.1 Å². The lowest BCUT2D eigenvalue weighted by Crippen LogP contribution is -2.51. The van der Waals surface area contributed by atoms with E-state index in [1.54, 1.807) is 6.20 Å². The normalized spacial score (nSPS) is 18.9. The van der Waals surface area contributed by atoms with E-state index in [0.29, 0.717) is 17.4 Å². The maximum atomic E-state index is 12.6. The molecule has 6 heteroatoms. The SMILES string of the molecule is Cc1ncc(C(=O)N2CCNC(C)C2)c(C(C)C)n1.Cl. The van der Waals surface area contributed by atoms with Crippen LogP contribution in [0.15, 0.2) is 6.20 Å². The summed E-state index contributed by atoms with van der Waals surface area (Å²) >= 11 is 0. The van der Waals surface area contributed by atoms with E-state index in [-0.39, 0.29) is 24.2 Å². The molecule has 1 unspecified atom stereocenters. The van der Waals surface area contributed by atoms with Crippen molar-refractivity contribution in [2.24, 2.45) is 0 Å². The Bertz CT molecular complexity index is 478. The largest absolute Gasteiger partial charge is 0.336 e. The number of aromatic nitrogens is 2. The number of halogens is 1. The van der Waals surface area contributed by atoms with Gasteiger partial charge in [-0.2, -0.15) is 0 Å². The number of nitrogens with one attached hydrogen (secondary N) is 1. The summed E-state index contributed by atoms with van der Waals surface area (Å²) in [4.78, 5) is 23.1. The average Bonchev–Trinajstić information content (AvgIpc) is 2.37. The van der Waals surface area contributed by atoms with Gasteiger partial charge in [-0.3, -0.25) is 4.79 Å². The van der Waals surface area contributed by atoms with E-state index in [0.717, 1.165) is 25.3 Å². The van der Waals surface area contributed by atoms with Crippen LogP contribution < -0.4 is 5.32 Å². The van der Waals surface area contributed by atoms with Crippen molar-refractivity contribution in [3.05, 3.63) is 23.3 Å². The van der Waals surface area contributed by atoms with E-state index in [9.17, 15) is 4.79 Å². The van der Waals surface area contributed by atoms with Crippen LogP contribution in [0.5, 0.6) is 0 Å². The molecule has 1 N–H and O–H groups in total. The minimum absolute atomic E-state index is 0. The number of aryl methyl sites for hydroxylation is 1. The molecule has 1 aliphatic rings. The van der Waals surface area contributed by atoms with Crippen LogP contribution in [-0.4, -0.2) is 46.5 Å². The standard InChI is InChI=1S/C14H22N4O.ClH/c1-9(2)13-12(7-16-11(4)17-13)14(19)18-6-5-15-10(3)8-18;/h7,9-10,15H,5-6,8H2,1-4H3;1H. The van der Waals surface area contributed by atoms with Crippen molar-refractivity contribution in [3.63, 3.8) is 0 Å². The Morgan fingerprint density at radius 3 is 2.80 bits per heavy atom. The van der Waals surface area contributed by atoms with Crippen LogP contribution in [0.4, 0.5) is 0 Å². The molecule has 0 bridgehead atoms. The summed E-state index contributed by atoms with van der Waals surface area (Å²) in [6.07, 6.45) is 1.67. The molecular weight excluding hydrogens is 276 g/mol. The molecule has 112 valence electrons. The fourth-order valence-corrected chi connectivity index (χ4v) is 2.38. The Hall–Kier alpha value is -1.20. The molecule has 1 amide bonds. The Balaban J connectivity index is 0.00000200. The zero-order chi connectivity index (χ0) is 14.0. The zero-order valence-corrected chi connectivity index (χ0v) is 13.3. The lowest BCUT2D eigenvalue weighted by atomic mass is 10.0. The van der Waals surface area contributed by atoms with Crippen molar-refractivity contribution in [2.75, 3.05) is 19.6 Å². The van der Waals surface area contributed by atoms with Gasteiger partial charge in [0, 0.05) is 31.9 Å². The van der Waals surface area contributed by atoms with Gasteiger partial charge in [-0.1, -0.05) is 13.8 Å². The Kier molecular flexibility index (Phi) is 5.89. The molecule has 1 aromatic heterocycles. The van der Waals surface area contributed by atoms with Crippen LogP contribution in [0.25, 0.3) is 0 Å². The molecule has 1 fully saturated rings. The van der Waals surface area contributed by atoms with Gasteiger partial charge in [-0.05, 0) is 19.8 Å². The first kappa shape index (κ1) is 16.9. The van der Waals surface area contributed by atoms with Gasteiger partial charge in [-0.25, -0.2) is 9.97 Å². The van der Waals surface area contributed by atoms with E-state index >= 15 is 0 Å². The van der Waals surface area contributed by atoms with Crippen LogP contribution in [0.1, 0.15) is 48.6 Å². The number of carbonyl (C=O) groups is 1. The quantitative estimate of drug-likeness (QED) is 0.904. The van der Waals surface area contributed by atoms with E-state index in [1.165, 1.54) is 0 Å². The molecule has 20 heavy (non-hydrogen) atoms. The van der Waals surface area contributed by atoms with Crippen molar-refractivity contribution >= 4 is 18.3 Å². The number of amides is 1. The average molecular weight is 299 g/mol. The number of piperazine rings is 1. The second kappa shape index (κ2) is 6.99. The molecule has 1 aromatic rings. The Labute approximate surface area is 126 Å². The lowest BCUT2D eigenvalue weighted by Gasteiger charge is -2.32. The fourth-order valence-electron chi connectivity index (χ4n) is 2.38. The smallest absolute Gasteiger partial charge is 0.257 e. The molecule has 1 aliphatic heterocycles. The number of rotatable bonds is 2. The summed E-state index contributed by atoms with van der Waals surface area (Å²) < 4.78 is 0. The van der Waals surface area contributed by atoms with Crippen LogP contribution in [0.3, 0.4) is 0 Å². The first-order chi connectivity index (χ1) is 8.99. The summed E-state index contributed by atoms with van der Waals surface area (Å²) in [6.45, 7) is 10.4. The van der Waals surface area contributed by atoms with Crippen molar-refractivity contribution < 1.29 is 4.79 Å². The molecule has 0 aliphatic carbocycles. The summed E-state index contributed by atoms with van der Waals surface area (Å²) in [5, 5.41) is 3.34. The number of hydrogen-bond acceptors (Lipinski definition) is 4. The first-order valence-electron chi connectivity index (χ1n) is 6.85. The third-order valence-corrected chi connectivity index (χ3v) is 3.37. The number of hydrogen-bond donors (Lipinski definition) is 1. The maximum absolute atomic E-state index is 12.6. The van der Waals surface area contributed by atoms with Crippen molar-refractivity contribution in [1.82, 2.24) is 20.2 Å². The van der Waals surface area contributed by atoms with Crippen molar-refractivity contribution in [2.45, 2.75) is 39.7 Å². The van der Waals surface area contributed by atoms with Crippen LogP contribution in [0.2, 0.25) is 0 Å². The number of nitrogens with zero attached hydrogens (tertiary/aromatic N) is 3. The second-order valence-electron chi connectivity index (χ2n) is 5.48.